The third-order valence-corrected chi connectivity index (χ3v) is 13.2. The zero-order valence-electron chi connectivity index (χ0n) is 47.0. The summed E-state index contributed by atoms with van der Waals surface area (Å²) in [5.41, 5.74) is 0. The Bertz CT molecular complexity index is 1320. The van der Waals surface area contributed by atoms with Gasteiger partial charge in [-0.25, -0.2) is 0 Å². The number of allylic oxidation sites excluding steroid dienone is 12. The summed E-state index contributed by atoms with van der Waals surface area (Å²) < 4.78 is 16.7. The van der Waals surface area contributed by atoms with Crippen LogP contribution in [0.1, 0.15) is 303 Å². The molecule has 0 amide bonds. The van der Waals surface area contributed by atoms with E-state index in [1.807, 2.05) is 0 Å². The molecule has 0 saturated carbocycles. The second-order valence-corrected chi connectivity index (χ2v) is 20.2. The highest BCUT2D eigenvalue weighted by atomic mass is 16.6. The van der Waals surface area contributed by atoms with Gasteiger partial charge >= 0.3 is 17.9 Å². The first-order valence-electron chi connectivity index (χ1n) is 30.4. The molecule has 0 spiro atoms. The van der Waals surface area contributed by atoms with Crippen LogP contribution in [0.15, 0.2) is 72.9 Å². The van der Waals surface area contributed by atoms with Crippen LogP contribution in [-0.2, 0) is 28.6 Å². The first-order valence-corrected chi connectivity index (χ1v) is 30.4. The average molecular weight is 992 g/mol. The Balaban J connectivity index is 4.04. The van der Waals surface area contributed by atoms with E-state index in [0.29, 0.717) is 19.3 Å². The second-order valence-electron chi connectivity index (χ2n) is 20.2. The highest BCUT2D eigenvalue weighted by Crippen LogP contribution is 2.16. The minimum Gasteiger partial charge on any atom is -0.462 e. The molecule has 0 aliphatic carbocycles. The summed E-state index contributed by atoms with van der Waals surface area (Å²) in [5.74, 6) is -0.890. The lowest BCUT2D eigenvalue weighted by Crippen LogP contribution is -2.30. The van der Waals surface area contributed by atoms with Gasteiger partial charge in [0.25, 0.3) is 0 Å². The first kappa shape index (κ1) is 67.8. The minimum absolute atomic E-state index is 0.0771. The van der Waals surface area contributed by atoms with E-state index < -0.39 is 6.10 Å². The summed E-state index contributed by atoms with van der Waals surface area (Å²) in [6.07, 6.45) is 76.7. The van der Waals surface area contributed by atoms with Gasteiger partial charge in [-0.1, -0.05) is 267 Å². The number of hydrogen-bond donors (Lipinski definition) is 0. The summed E-state index contributed by atoms with van der Waals surface area (Å²) in [4.78, 5) is 37.9. The minimum atomic E-state index is -0.776. The maximum Gasteiger partial charge on any atom is 0.306 e. The maximum atomic E-state index is 12.8. The van der Waals surface area contributed by atoms with Gasteiger partial charge in [0.2, 0.25) is 0 Å². The predicted molar refractivity (Wildman–Crippen MR) is 307 cm³/mol. The van der Waals surface area contributed by atoms with Crippen molar-refractivity contribution >= 4 is 17.9 Å². The van der Waals surface area contributed by atoms with Gasteiger partial charge in [0.05, 0.1) is 0 Å². The Morgan fingerprint density at radius 3 is 0.859 bits per heavy atom. The normalized spacial score (nSPS) is 12.5. The van der Waals surface area contributed by atoms with Crippen LogP contribution in [0.2, 0.25) is 0 Å². The van der Waals surface area contributed by atoms with Gasteiger partial charge in [-0.05, 0) is 89.9 Å². The summed E-state index contributed by atoms with van der Waals surface area (Å²) >= 11 is 0. The molecule has 1 atom stereocenters. The van der Waals surface area contributed by atoms with Crippen molar-refractivity contribution in [3.63, 3.8) is 0 Å². The fourth-order valence-electron chi connectivity index (χ4n) is 8.64. The molecule has 6 heteroatoms. The van der Waals surface area contributed by atoms with E-state index >= 15 is 0 Å². The molecular weight excluding hydrogens is 877 g/mol. The SMILES string of the molecule is CC/C=C\C/C=C\C/C=C\C/C=C\CCCCCCCCCCC(=O)OC(COC(=O)CCCCCCC)COC(=O)CCCCCCCCCCCCCCCCC/C=C\C/C=C\CCCCCCC. The zero-order chi connectivity index (χ0) is 51.4. The Kier molecular flexibility index (Phi) is 56.8. The maximum absolute atomic E-state index is 12.8. The Hall–Kier alpha value is -3.15. The number of ether oxygens (including phenoxy) is 3. The topological polar surface area (TPSA) is 78.9 Å². The lowest BCUT2D eigenvalue weighted by Gasteiger charge is -2.18. The summed E-state index contributed by atoms with van der Waals surface area (Å²) in [6, 6.07) is 0. The highest BCUT2D eigenvalue weighted by molar-refractivity contribution is 5.71. The van der Waals surface area contributed by atoms with E-state index in [4.69, 9.17) is 14.2 Å². The molecule has 410 valence electrons. The first-order chi connectivity index (χ1) is 35.0. The molecule has 1 unspecified atom stereocenters. The third kappa shape index (κ3) is 57.6. The Labute approximate surface area is 440 Å². The van der Waals surface area contributed by atoms with Gasteiger partial charge < -0.3 is 14.2 Å². The third-order valence-electron chi connectivity index (χ3n) is 13.2. The smallest absolute Gasteiger partial charge is 0.306 e. The largest absolute Gasteiger partial charge is 0.462 e. The van der Waals surface area contributed by atoms with Crippen LogP contribution < -0.4 is 0 Å². The molecule has 0 aromatic rings. The molecule has 0 N–H and O–H groups in total. The number of rotatable bonds is 55. The van der Waals surface area contributed by atoms with Crippen LogP contribution in [0.4, 0.5) is 0 Å². The van der Waals surface area contributed by atoms with E-state index in [-0.39, 0.29) is 31.1 Å². The average Bonchev–Trinajstić information content (AvgIpc) is 3.37. The summed E-state index contributed by atoms with van der Waals surface area (Å²) in [5, 5.41) is 0. The van der Waals surface area contributed by atoms with Crippen LogP contribution in [-0.4, -0.2) is 37.2 Å². The molecule has 0 bridgehead atoms. The molecule has 71 heavy (non-hydrogen) atoms. The van der Waals surface area contributed by atoms with Crippen molar-refractivity contribution in [2.75, 3.05) is 13.2 Å². The van der Waals surface area contributed by atoms with Crippen LogP contribution in [0.5, 0.6) is 0 Å². The van der Waals surface area contributed by atoms with Crippen LogP contribution in [0, 0.1) is 0 Å². The van der Waals surface area contributed by atoms with E-state index in [2.05, 4.69) is 93.7 Å². The van der Waals surface area contributed by atoms with Crippen molar-refractivity contribution < 1.29 is 28.6 Å². The molecule has 6 nitrogen and oxygen atoms in total. The molecule has 0 fully saturated rings. The van der Waals surface area contributed by atoms with Gasteiger partial charge in [-0.3, -0.25) is 14.4 Å². The lowest BCUT2D eigenvalue weighted by atomic mass is 10.0. The molecule has 0 saturated heterocycles. The molecule has 0 aromatic heterocycles. The van der Waals surface area contributed by atoms with Crippen molar-refractivity contribution in [2.24, 2.45) is 0 Å². The molecular formula is C65H114O6. The molecule has 0 aromatic carbocycles. The van der Waals surface area contributed by atoms with Crippen LogP contribution >= 0.6 is 0 Å². The van der Waals surface area contributed by atoms with E-state index in [9.17, 15) is 14.4 Å². The monoisotopic (exact) mass is 991 g/mol. The molecule has 0 heterocycles. The van der Waals surface area contributed by atoms with E-state index in [1.165, 1.54) is 161 Å². The van der Waals surface area contributed by atoms with Crippen molar-refractivity contribution in [2.45, 2.75) is 309 Å². The van der Waals surface area contributed by atoms with Gasteiger partial charge in [-0.15, -0.1) is 0 Å². The fourth-order valence-corrected chi connectivity index (χ4v) is 8.64. The van der Waals surface area contributed by atoms with E-state index in [0.717, 1.165) is 103 Å². The quantitative estimate of drug-likeness (QED) is 0.0261. The Morgan fingerprint density at radius 1 is 0.296 bits per heavy atom. The van der Waals surface area contributed by atoms with Gasteiger partial charge in [0.1, 0.15) is 13.2 Å². The van der Waals surface area contributed by atoms with Crippen molar-refractivity contribution in [3.05, 3.63) is 72.9 Å². The number of hydrogen-bond acceptors (Lipinski definition) is 6. The van der Waals surface area contributed by atoms with Crippen LogP contribution in [0.25, 0.3) is 0 Å². The molecule has 0 aliphatic rings. The number of unbranched alkanes of at least 4 members (excludes halogenated alkanes) is 32. The predicted octanol–water partition coefficient (Wildman–Crippen LogP) is 20.5. The zero-order valence-corrected chi connectivity index (χ0v) is 47.0. The van der Waals surface area contributed by atoms with E-state index in [1.54, 1.807) is 0 Å². The van der Waals surface area contributed by atoms with Crippen molar-refractivity contribution in [1.29, 1.82) is 0 Å². The standard InChI is InChI=1S/C65H114O6/c1-4-7-10-13-15-17-19-21-23-25-27-29-30-31-32-33-34-36-37-39-41-43-45-47-49-52-55-58-64(67)70-61-62(60-69-63(66)57-54-51-12-9-6-3)71-65(68)59-56-53-50-48-46-44-42-40-38-35-28-26-24-22-20-18-16-14-11-8-5-2/h8,11,16,18-19,21-22,24-25,27-28,35,62H,4-7,9-10,12-15,17,20,23,26,29-34,36-61H2,1-3H3/b11-8-,18-16-,21-19-,24-22-,27-25-,35-28-. The van der Waals surface area contributed by atoms with Gasteiger partial charge in [0.15, 0.2) is 6.10 Å². The number of carbonyl (C=O) groups is 3. The van der Waals surface area contributed by atoms with Crippen LogP contribution in [0.3, 0.4) is 0 Å². The highest BCUT2D eigenvalue weighted by Gasteiger charge is 2.19. The molecule has 0 rings (SSSR count). The van der Waals surface area contributed by atoms with Gasteiger partial charge in [0, 0.05) is 19.3 Å². The fraction of sp³-hybridized carbons (Fsp3) is 0.769. The van der Waals surface area contributed by atoms with Crippen molar-refractivity contribution in [3.8, 4) is 0 Å². The summed E-state index contributed by atoms with van der Waals surface area (Å²) in [6.45, 7) is 6.45. The molecule has 0 radical (unpaired) electrons. The lowest BCUT2D eigenvalue weighted by molar-refractivity contribution is -0.167. The van der Waals surface area contributed by atoms with Crippen molar-refractivity contribution in [1.82, 2.24) is 0 Å². The Morgan fingerprint density at radius 2 is 0.549 bits per heavy atom. The number of esters is 3. The second kappa shape index (κ2) is 59.4. The number of carbonyl (C=O) groups excluding carboxylic acids is 3. The van der Waals surface area contributed by atoms with Gasteiger partial charge in [-0.2, -0.15) is 0 Å². The molecule has 0 aliphatic heterocycles. The summed E-state index contributed by atoms with van der Waals surface area (Å²) in [7, 11) is 0.